The molecule has 1 unspecified atom stereocenters. The number of aromatic nitrogens is 1. The highest BCUT2D eigenvalue weighted by atomic mass is 79.9. The molecule has 0 spiro atoms. The van der Waals surface area contributed by atoms with Crippen LogP contribution in [0.15, 0.2) is 34.5 Å². The Morgan fingerprint density at radius 1 is 1.47 bits per heavy atom. The quantitative estimate of drug-likeness (QED) is 0.589. The fraction of sp³-hybridized carbons (Fsp3) is 0.417. The van der Waals surface area contributed by atoms with Gasteiger partial charge in [-0.05, 0) is 47.3 Å². The molecule has 0 fully saturated rings. The van der Waals surface area contributed by atoms with E-state index >= 15 is 0 Å². The molecular formula is C12H13BrClN. The summed E-state index contributed by atoms with van der Waals surface area (Å²) in [5.74, 6) is 0. The molecule has 0 aliphatic heterocycles. The molecule has 0 saturated carbocycles. The largest absolute Gasteiger partial charge is 0.260 e. The third-order valence-electron chi connectivity index (χ3n) is 2.59. The summed E-state index contributed by atoms with van der Waals surface area (Å²) in [6.45, 7) is 0. The fourth-order valence-electron chi connectivity index (χ4n) is 1.84. The van der Waals surface area contributed by atoms with E-state index in [0.29, 0.717) is 0 Å². The molecule has 0 bridgehead atoms. The zero-order chi connectivity index (χ0) is 10.7. The number of hydrogen-bond donors (Lipinski definition) is 0. The molecule has 0 amide bonds. The van der Waals surface area contributed by atoms with Gasteiger partial charge < -0.3 is 0 Å². The smallest absolute Gasteiger partial charge is 0.0518 e. The lowest BCUT2D eigenvalue weighted by Gasteiger charge is -2.16. The summed E-state index contributed by atoms with van der Waals surface area (Å²) in [6.07, 6.45) is 8.46. The Kier molecular flexibility index (Phi) is 3.81. The Hall–Kier alpha value is -0.340. The van der Waals surface area contributed by atoms with E-state index in [1.54, 1.807) is 0 Å². The fourth-order valence-corrected chi connectivity index (χ4v) is 2.40. The SMILES string of the molecule is ClC1C=C(Cc2ccc(Br)cn2)CCC1. The number of alkyl halides is 1. The molecule has 0 N–H and O–H groups in total. The van der Waals surface area contributed by atoms with Gasteiger partial charge >= 0.3 is 0 Å². The Bertz CT molecular complexity index is 358. The number of rotatable bonds is 2. The molecule has 0 saturated heterocycles. The maximum Gasteiger partial charge on any atom is 0.0518 e. The lowest BCUT2D eigenvalue weighted by molar-refractivity contribution is 0.691. The summed E-state index contributed by atoms with van der Waals surface area (Å²) in [5.41, 5.74) is 2.55. The van der Waals surface area contributed by atoms with Crippen molar-refractivity contribution >= 4 is 27.5 Å². The maximum absolute atomic E-state index is 6.10. The van der Waals surface area contributed by atoms with Gasteiger partial charge in [-0.1, -0.05) is 11.6 Å². The van der Waals surface area contributed by atoms with Crippen molar-refractivity contribution in [3.63, 3.8) is 0 Å². The maximum atomic E-state index is 6.10. The topological polar surface area (TPSA) is 12.9 Å². The van der Waals surface area contributed by atoms with E-state index in [4.69, 9.17) is 11.6 Å². The highest BCUT2D eigenvalue weighted by Gasteiger charge is 2.11. The Labute approximate surface area is 104 Å². The zero-order valence-corrected chi connectivity index (χ0v) is 10.8. The first-order chi connectivity index (χ1) is 7.24. The summed E-state index contributed by atoms with van der Waals surface area (Å²) >= 11 is 9.48. The van der Waals surface area contributed by atoms with Crippen LogP contribution in [0.4, 0.5) is 0 Å². The van der Waals surface area contributed by atoms with Crippen LogP contribution in [-0.4, -0.2) is 10.4 Å². The molecule has 15 heavy (non-hydrogen) atoms. The molecule has 80 valence electrons. The first-order valence-corrected chi connectivity index (χ1v) is 6.41. The van der Waals surface area contributed by atoms with Crippen molar-refractivity contribution in [1.29, 1.82) is 0 Å². The number of halogens is 2. The predicted molar refractivity (Wildman–Crippen MR) is 67.2 cm³/mol. The summed E-state index contributed by atoms with van der Waals surface area (Å²) in [4.78, 5) is 4.37. The van der Waals surface area contributed by atoms with E-state index in [2.05, 4.69) is 33.1 Å². The van der Waals surface area contributed by atoms with Gasteiger partial charge in [-0.3, -0.25) is 4.98 Å². The van der Waals surface area contributed by atoms with Crippen molar-refractivity contribution in [2.24, 2.45) is 0 Å². The van der Waals surface area contributed by atoms with E-state index in [-0.39, 0.29) is 5.38 Å². The summed E-state index contributed by atoms with van der Waals surface area (Å²) in [7, 11) is 0. The van der Waals surface area contributed by atoms with Crippen LogP contribution < -0.4 is 0 Å². The molecular weight excluding hydrogens is 273 g/mol. The second kappa shape index (κ2) is 5.13. The second-order valence-corrected chi connectivity index (χ2v) is 5.35. The molecule has 1 aromatic rings. The van der Waals surface area contributed by atoms with Gasteiger partial charge in [0.2, 0.25) is 0 Å². The van der Waals surface area contributed by atoms with E-state index < -0.39 is 0 Å². The van der Waals surface area contributed by atoms with Crippen LogP contribution >= 0.6 is 27.5 Å². The third-order valence-corrected chi connectivity index (χ3v) is 3.40. The highest BCUT2D eigenvalue weighted by molar-refractivity contribution is 9.10. The molecule has 1 aliphatic carbocycles. The van der Waals surface area contributed by atoms with E-state index in [0.717, 1.165) is 23.0 Å². The van der Waals surface area contributed by atoms with Crippen LogP contribution in [0.2, 0.25) is 0 Å². The molecule has 1 heterocycles. The number of nitrogens with zero attached hydrogens (tertiary/aromatic N) is 1. The normalized spacial score (nSPS) is 21.2. The van der Waals surface area contributed by atoms with E-state index in [1.807, 2.05) is 12.3 Å². The van der Waals surface area contributed by atoms with Crippen molar-refractivity contribution in [1.82, 2.24) is 4.98 Å². The summed E-state index contributed by atoms with van der Waals surface area (Å²) < 4.78 is 1.03. The molecule has 1 aromatic heterocycles. The molecule has 0 radical (unpaired) electrons. The molecule has 0 aromatic carbocycles. The van der Waals surface area contributed by atoms with Crippen molar-refractivity contribution in [3.8, 4) is 0 Å². The van der Waals surface area contributed by atoms with Crippen LogP contribution in [0.1, 0.15) is 25.0 Å². The Balaban J connectivity index is 2.05. The minimum atomic E-state index is 0.226. The van der Waals surface area contributed by atoms with Gasteiger partial charge in [0, 0.05) is 22.8 Å². The van der Waals surface area contributed by atoms with Gasteiger partial charge in [0.1, 0.15) is 0 Å². The monoisotopic (exact) mass is 285 g/mol. The predicted octanol–water partition coefficient (Wildman–Crippen LogP) is 4.10. The van der Waals surface area contributed by atoms with Gasteiger partial charge in [0.15, 0.2) is 0 Å². The first kappa shape index (κ1) is 11.2. The van der Waals surface area contributed by atoms with Gasteiger partial charge in [-0.2, -0.15) is 0 Å². The molecule has 2 rings (SSSR count). The van der Waals surface area contributed by atoms with Crippen LogP contribution in [-0.2, 0) is 6.42 Å². The van der Waals surface area contributed by atoms with E-state index in [1.165, 1.54) is 18.4 Å². The van der Waals surface area contributed by atoms with E-state index in [9.17, 15) is 0 Å². The molecule has 1 nitrogen and oxygen atoms in total. The average molecular weight is 287 g/mol. The van der Waals surface area contributed by atoms with Crippen LogP contribution in [0.25, 0.3) is 0 Å². The standard InChI is InChI=1S/C12H13BrClN/c13-10-4-5-12(15-8-10)7-9-2-1-3-11(14)6-9/h4-6,8,11H,1-3,7H2. The molecule has 1 aliphatic rings. The van der Waals surface area contributed by atoms with Crippen molar-refractivity contribution < 1.29 is 0 Å². The number of allylic oxidation sites excluding steroid dienone is 2. The lowest BCUT2D eigenvalue weighted by Crippen LogP contribution is -2.05. The highest BCUT2D eigenvalue weighted by Crippen LogP contribution is 2.24. The minimum Gasteiger partial charge on any atom is -0.260 e. The Morgan fingerprint density at radius 3 is 3.00 bits per heavy atom. The van der Waals surface area contributed by atoms with Gasteiger partial charge in [0.05, 0.1) is 5.38 Å². The number of hydrogen-bond acceptors (Lipinski definition) is 1. The zero-order valence-electron chi connectivity index (χ0n) is 8.42. The first-order valence-electron chi connectivity index (χ1n) is 5.18. The van der Waals surface area contributed by atoms with Gasteiger partial charge in [-0.15, -0.1) is 11.6 Å². The third kappa shape index (κ3) is 3.32. The average Bonchev–Trinajstić information content (AvgIpc) is 2.22. The van der Waals surface area contributed by atoms with Gasteiger partial charge in [0.25, 0.3) is 0 Å². The van der Waals surface area contributed by atoms with Crippen molar-refractivity contribution in [2.45, 2.75) is 31.1 Å². The van der Waals surface area contributed by atoms with Crippen LogP contribution in [0.3, 0.4) is 0 Å². The lowest BCUT2D eigenvalue weighted by atomic mass is 9.95. The summed E-state index contributed by atoms with van der Waals surface area (Å²) in [6, 6.07) is 4.09. The number of pyridine rings is 1. The van der Waals surface area contributed by atoms with Crippen LogP contribution in [0, 0.1) is 0 Å². The minimum absolute atomic E-state index is 0.226. The van der Waals surface area contributed by atoms with Crippen LogP contribution in [0.5, 0.6) is 0 Å². The molecule has 3 heteroatoms. The molecule has 1 atom stereocenters. The van der Waals surface area contributed by atoms with Crippen molar-refractivity contribution in [2.75, 3.05) is 0 Å². The van der Waals surface area contributed by atoms with Gasteiger partial charge in [-0.25, -0.2) is 0 Å². The summed E-state index contributed by atoms with van der Waals surface area (Å²) in [5, 5.41) is 0.226. The second-order valence-electron chi connectivity index (χ2n) is 3.88. The van der Waals surface area contributed by atoms with Crippen molar-refractivity contribution in [3.05, 3.63) is 40.1 Å². The Morgan fingerprint density at radius 2 is 2.33 bits per heavy atom.